The second kappa shape index (κ2) is 8.22. The van der Waals surface area contributed by atoms with E-state index < -0.39 is 23.1 Å². The lowest BCUT2D eigenvalue weighted by Gasteiger charge is -2.33. The minimum Gasteiger partial charge on any atom is -0.493 e. The number of aliphatic imine (C=N–C) groups is 2. The van der Waals surface area contributed by atoms with Crippen LogP contribution in [0.15, 0.2) is 73.3 Å². The zero-order chi connectivity index (χ0) is 25.8. The molecule has 2 unspecified atom stereocenters. The predicted molar refractivity (Wildman–Crippen MR) is 137 cm³/mol. The van der Waals surface area contributed by atoms with Gasteiger partial charge in [-0.1, -0.05) is 18.2 Å². The Kier molecular flexibility index (Phi) is 4.97. The van der Waals surface area contributed by atoms with Crippen molar-refractivity contribution >= 4 is 34.8 Å². The van der Waals surface area contributed by atoms with Gasteiger partial charge in [-0.25, -0.2) is 14.8 Å². The van der Waals surface area contributed by atoms with Crippen LogP contribution in [0.3, 0.4) is 0 Å². The second-order valence-electron chi connectivity index (χ2n) is 8.61. The highest BCUT2D eigenvalue weighted by molar-refractivity contribution is 6.22. The van der Waals surface area contributed by atoms with Gasteiger partial charge in [0.25, 0.3) is 5.56 Å². The van der Waals surface area contributed by atoms with Crippen LogP contribution < -0.4 is 37.1 Å². The number of nitrogens with zero attached hydrogens (tertiary/aromatic N) is 2. The van der Waals surface area contributed by atoms with Crippen LogP contribution in [0.25, 0.3) is 0 Å². The lowest BCUT2D eigenvalue weighted by Crippen LogP contribution is -2.43. The number of methoxy groups -OCH3 is 2. The summed E-state index contributed by atoms with van der Waals surface area (Å²) < 4.78 is 10.9. The summed E-state index contributed by atoms with van der Waals surface area (Å²) in [6.45, 7) is 0. The number of amides is 1. The van der Waals surface area contributed by atoms with Crippen LogP contribution >= 0.6 is 0 Å². The summed E-state index contributed by atoms with van der Waals surface area (Å²) in [6, 6.07) is 12.4. The maximum atomic E-state index is 13.3. The van der Waals surface area contributed by atoms with Gasteiger partial charge in [0, 0.05) is 17.2 Å². The van der Waals surface area contributed by atoms with Gasteiger partial charge in [-0.2, -0.15) is 0 Å². The summed E-state index contributed by atoms with van der Waals surface area (Å²) in [5, 5.41) is 6.23. The summed E-state index contributed by atoms with van der Waals surface area (Å²) >= 11 is 0. The number of ether oxygens (including phenoxy) is 2. The molecule has 1 aromatic heterocycles. The smallest absolute Gasteiger partial charge is 0.327 e. The van der Waals surface area contributed by atoms with Crippen molar-refractivity contribution in [1.29, 1.82) is 0 Å². The number of para-hydroxylation sites is 2. The van der Waals surface area contributed by atoms with Crippen LogP contribution in [0.4, 0.5) is 17.2 Å². The molecule has 186 valence electrons. The number of aromatic amines is 2. The summed E-state index contributed by atoms with van der Waals surface area (Å²) in [4.78, 5) is 52.5. The highest BCUT2D eigenvalue weighted by atomic mass is 16.5. The molecular weight excluding hydrogens is 478 g/mol. The number of benzene rings is 2. The van der Waals surface area contributed by atoms with Gasteiger partial charge in [-0.15, -0.1) is 0 Å². The Hall–Kier alpha value is -5.13. The van der Waals surface area contributed by atoms with Crippen LogP contribution in [0.2, 0.25) is 0 Å². The fraction of sp³-hybridized carbons (Fsp3) is 0.160. The maximum Gasteiger partial charge on any atom is 0.327 e. The van der Waals surface area contributed by atoms with Crippen molar-refractivity contribution in [3.8, 4) is 11.5 Å². The topological polar surface area (TPSA) is 176 Å². The van der Waals surface area contributed by atoms with Gasteiger partial charge in [0.15, 0.2) is 17.3 Å². The number of nitrogens with one attached hydrogen (secondary N) is 4. The average Bonchev–Trinajstić information content (AvgIpc) is 3.02. The monoisotopic (exact) mass is 499 g/mol. The lowest BCUT2D eigenvalue weighted by molar-refractivity contribution is -0.117. The number of H-pyrrole nitrogens is 2. The number of hydrogen-bond acceptors (Lipinski definition) is 9. The number of carbonyl (C=O) groups is 1. The molecule has 6 N–H and O–H groups in total. The third kappa shape index (κ3) is 3.41. The molecule has 1 amide bonds. The van der Waals surface area contributed by atoms with Crippen molar-refractivity contribution in [2.45, 2.75) is 5.92 Å². The van der Waals surface area contributed by atoms with Crippen LogP contribution in [-0.2, 0) is 4.79 Å². The van der Waals surface area contributed by atoms with E-state index in [1.165, 1.54) is 14.2 Å². The molecule has 12 heteroatoms. The number of rotatable bonds is 3. The minimum absolute atomic E-state index is 0.0250. The Bertz CT molecular complexity index is 1700. The molecule has 6 rings (SSSR count). The van der Waals surface area contributed by atoms with E-state index in [4.69, 9.17) is 15.2 Å². The number of anilines is 2. The Morgan fingerprint density at radius 2 is 1.59 bits per heavy atom. The molecular formula is C25H21N7O5. The molecule has 3 aliphatic rings. The molecule has 2 atom stereocenters. The van der Waals surface area contributed by atoms with E-state index in [-0.39, 0.29) is 29.0 Å². The fourth-order valence-corrected chi connectivity index (χ4v) is 4.95. The first-order chi connectivity index (χ1) is 17.9. The summed E-state index contributed by atoms with van der Waals surface area (Å²) in [6.07, 6.45) is 0. The van der Waals surface area contributed by atoms with Crippen molar-refractivity contribution in [3.63, 3.8) is 0 Å². The van der Waals surface area contributed by atoms with E-state index >= 15 is 0 Å². The van der Waals surface area contributed by atoms with Gasteiger partial charge in [0.1, 0.15) is 17.6 Å². The van der Waals surface area contributed by atoms with E-state index in [0.29, 0.717) is 39.7 Å². The highest BCUT2D eigenvalue weighted by Crippen LogP contribution is 2.46. The van der Waals surface area contributed by atoms with Gasteiger partial charge in [0.2, 0.25) is 5.91 Å². The van der Waals surface area contributed by atoms with Crippen molar-refractivity contribution in [3.05, 3.63) is 85.7 Å². The van der Waals surface area contributed by atoms with E-state index in [1.807, 2.05) is 12.1 Å². The summed E-state index contributed by atoms with van der Waals surface area (Å²) in [7, 11) is 3.03. The highest BCUT2D eigenvalue weighted by Gasteiger charge is 2.43. The SMILES string of the molecule is COc1ccc(C2C3=C4Nc5ccccc5NC(=O)C4C(N)=NC3=Nc3[nH]c(=O)[nH]c(=O)c32)cc1OC. The van der Waals surface area contributed by atoms with Gasteiger partial charge >= 0.3 is 5.69 Å². The van der Waals surface area contributed by atoms with Crippen LogP contribution in [0, 0.1) is 5.92 Å². The zero-order valence-electron chi connectivity index (χ0n) is 19.7. The molecule has 3 aromatic rings. The third-order valence-electron chi connectivity index (χ3n) is 6.56. The standard InChI is InChI=1S/C25H21N7O5/c1-36-13-8-7-10(9-14(13)37-2)15-16-19-18(24(34)28-12-6-4-3-5-11(12)27-19)20(26)29-21(16)30-22-17(15)23(33)32-25(35)31-22/h3-9,15,18,27H,1-2H3,(H,28,34)(H4,26,29,30,31,32,33,35). The molecule has 0 saturated heterocycles. The molecule has 37 heavy (non-hydrogen) atoms. The van der Waals surface area contributed by atoms with Gasteiger partial charge in [-0.05, 0) is 29.8 Å². The number of hydrogen-bond donors (Lipinski definition) is 5. The maximum absolute atomic E-state index is 13.3. The third-order valence-corrected chi connectivity index (χ3v) is 6.56. The number of aromatic nitrogens is 2. The molecule has 0 fully saturated rings. The largest absolute Gasteiger partial charge is 0.493 e. The molecule has 4 heterocycles. The van der Waals surface area contributed by atoms with Gasteiger partial charge in [0.05, 0.1) is 31.2 Å². The first-order valence-electron chi connectivity index (χ1n) is 11.3. The molecule has 0 radical (unpaired) electrons. The Labute approximate surface area is 209 Å². The number of amidine groups is 2. The van der Waals surface area contributed by atoms with Crippen molar-refractivity contribution in [2.24, 2.45) is 21.6 Å². The number of nitrogens with two attached hydrogens (primary N) is 1. The molecule has 0 aliphatic carbocycles. The quantitative estimate of drug-likeness (QED) is 0.363. The molecule has 2 aromatic carbocycles. The zero-order valence-corrected chi connectivity index (χ0v) is 19.7. The first kappa shape index (κ1) is 22.3. The van der Waals surface area contributed by atoms with Crippen LogP contribution in [0.1, 0.15) is 17.0 Å². The summed E-state index contributed by atoms with van der Waals surface area (Å²) in [5.41, 5.74) is 7.91. The molecule has 3 aliphatic heterocycles. The normalized spacial score (nSPS) is 19.6. The Morgan fingerprint density at radius 1 is 0.865 bits per heavy atom. The molecule has 0 saturated carbocycles. The van der Waals surface area contributed by atoms with E-state index in [2.05, 4.69) is 30.6 Å². The molecule has 0 bridgehead atoms. The average molecular weight is 499 g/mol. The van der Waals surface area contributed by atoms with Crippen molar-refractivity contribution in [2.75, 3.05) is 24.9 Å². The Balaban J connectivity index is 1.69. The fourth-order valence-electron chi connectivity index (χ4n) is 4.95. The minimum atomic E-state index is -0.965. The van der Waals surface area contributed by atoms with Crippen molar-refractivity contribution < 1.29 is 14.3 Å². The first-order valence-corrected chi connectivity index (χ1v) is 11.3. The number of carbonyl (C=O) groups excluding carboxylic acids is 1. The summed E-state index contributed by atoms with van der Waals surface area (Å²) in [5.74, 6) is -0.948. The van der Waals surface area contributed by atoms with E-state index in [0.717, 1.165) is 0 Å². The number of dihydropyridines is 1. The van der Waals surface area contributed by atoms with Gasteiger partial charge in [-0.3, -0.25) is 19.6 Å². The van der Waals surface area contributed by atoms with E-state index in [9.17, 15) is 14.4 Å². The van der Waals surface area contributed by atoms with E-state index in [1.54, 1.807) is 30.3 Å². The second-order valence-corrected chi connectivity index (χ2v) is 8.61. The number of fused-ring (bicyclic) bond motifs is 4. The van der Waals surface area contributed by atoms with Crippen LogP contribution in [0.5, 0.6) is 11.5 Å². The Morgan fingerprint density at radius 3 is 2.32 bits per heavy atom. The predicted octanol–water partition coefficient (Wildman–Crippen LogP) is 1.56. The lowest BCUT2D eigenvalue weighted by atomic mass is 9.78. The van der Waals surface area contributed by atoms with Gasteiger partial charge < -0.3 is 25.8 Å². The molecule has 0 spiro atoms. The molecule has 12 nitrogen and oxygen atoms in total. The van der Waals surface area contributed by atoms with Crippen LogP contribution in [-0.4, -0.2) is 41.8 Å². The van der Waals surface area contributed by atoms with Crippen molar-refractivity contribution in [1.82, 2.24) is 9.97 Å².